The van der Waals surface area contributed by atoms with E-state index in [0.29, 0.717) is 17.3 Å². The number of halogens is 2. The van der Waals surface area contributed by atoms with Gasteiger partial charge in [-0.2, -0.15) is 0 Å². The van der Waals surface area contributed by atoms with Crippen molar-refractivity contribution in [3.63, 3.8) is 0 Å². The van der Waals surface area contributed by atoms with Crippen molar-refractivity contribution in [2.45, 2.75) is 0 Å². The molecule has 0 aromatic heterocycles. The lowest BCUT2D eigenvalue weighted by molar-refractivity contribution is -0.122. The molecule has 1 heterocycles. The van der Waals surface area contributed by atoms with Crippen molar-refractivity contribution in [2.24, 2.45) is 0 Å². The van der Waals surface area contributed by atoms with Crippen LogP contribution in [-0.4, -0.2) is 28.4 Å². The van der Waals surface area contributed by atoms with Crippen LogP contribution in [0.25, 0.3) is 6.08 Å². The van der Waals surface area contributed by atoms with Gasteiger partial charge in [0.05, 0.1) is 11.4 Å². The van der Waals surface area contributed by atoms with Gasteiger partial charge in [0.1, 0.15) is 5.82 Å². The molecule has 1 aliphatic rings. The van der Waals surface area contributed by atoms with E-state index in [2.05, 4.69) is 15.9 Å². The third kappa shape index (κ3) is 3.88. The first kappa shape index (κ1) is 17.6. The van der Waals surface area contributed by atoms with Crippen LogP contribution in [0.2, 0.25) is 0 Å². The number of amides is 2. The molecule has 25 heavy (non-hydrogen) atoms. The molecule has 0 N–H and O–H groups in total. The molecule has 2 aromatic carbocycles. The lowest BCUT2D eigenvalue weighted by Gasteiger charge is -2.11. The van der Waals surface area contributed by atoms with Gasteiger partial charge in [0, 0.05) is 15.6 Å². The molecule has 1 aliphatic heterocycles. The predicted octanol–water partition coefficient (Wildman–Crippen LogP) is 4.51. The van der Waals surface area contributed by atoms with Gasteiger partial charge in [-0.15, -0.1) is 0 Å². The van der Waals surface area contributed by atoms with Crippen LogP contribution in [0.1, 0.15) is 15.9 Å². The Kier molecular flexibility index (Phi) is 5.15. The lowest BCUT2D eigenvalue weighted by Crippen LogP contribution is -2.33. The van der Waals surface area contributed by atoms with Crippen molar-refractivity contribution in [2.75, 3.05) is 6.54 Å². The Bertz CT molecular complexity index is 895. The van der Waals surface area contributed by atoms with Gasteiger partial charge < -0.3 is 0 Å². The highest BCUT2D eigenvalue weighted by Gasteiger charge is 2.36. The minimum Gasteiger partial charge on any atom is -0.292 e. The zero-order chi connectivity index (χ0) is 18.0. The maximum atomic E-state index is 13.7. The van der Waals surface area contributed by atoms with Crippen molar-refractivity contribution in [3.05, 3.63) is 74.9 Å². The number of Topliss-reactive ketones (excluding diaryl/α,β-unsaturated/α-hetero) is 1. The van der Waals surface area contributed by atoms with Crippen LogP contribution in [0.15, 0.2) is 57.9 Å². The van der Waals surface area contributed by atoms with Crippen molar-refractivity contribution >= 4 is 50.7 Å². The Morgan fingerprint density at radius 2 is 1.80 bits per heavy atom. The summed E-state index contributed by atoms with van der Waals surface area (Å²) in [6.07, 6.45) is 1.32. The molecule has 1 fully saturated rings. The fraction of sp³-hybridized carbons (Fsp3) is 0.0556. The van der Waals surface area contributed by atoms with Crippen LogP contribution >= 0.6 is 27.7 Å². The van der Waals surface area contributed by atoms with Crippen LogP contribution in [0.4, 0.5) is 9.18 Å². The zero-order valence-electron chi connectivity index (χ0n) is 12.7. The van der Waals surface area contributed by atoms with Gasteiger partial charge in [0.2, 0.25) is 0 Å². The summed E-state index contributed by atoms with van der Waals surface area (Å²) in [7, 11) is 0. The van der Waals surface area contributed by atoms with Crippen molar-refractivity contribution in [1.29, 1.82) is 0 Å². The van der Waals surface area contributed by atoms with E-state index < -0.39 is 17.0 Å². The monoisotopic (exact) mass is 419 g/mol. The van der Waals surface area contributed by atoms with Crippen LogP contribution in [0, 0.1) is 5.82 Å². The number of carbonyl (C=O) groups is 3. The normalized spacial score (nSPS) is 15.9. The summed E-state index contributed by atoms with van der Waals surface area (Å²) in [6.45, 7) is -0.346. The van der Waals surface area contributed by atoms with E-state index in [0.717, 1.165) is 9.37 Å². The summed E-state index contributed by atoms with van der Waals surface area (Å²) >= 11 is 3.97. The highest BCUT2D eigenvalue weighted by atomic mass is 79.9. The molecule has 126 valence electrons. The third-order valence-electron chi connectivity index (χ3n) is 3.53. The summed E-state index contributed by atoms with van der Waals surface area (Å²) in [5, 5.41) is -0.543. The van der Waals surface area contributed by atoms with Gasteiger partial charge in [0.15, 0.2) is 5.78 Å². The number of imide groups is 1. The molecule has 2 amide bonds. The van der Waals surface area contributed by atoms with E-state index in [9.17, 15) is 18.8 Å². The first-order valence-corrected chi connectivity index (χ1v) is 8.85. The smallest absolute Gasteiger partial charge is 0.292 e. The van der Waals surface area contributed by atoms with E-state index >= 15 is 0 Å². The van der Waals surface area contributed by atoms with Crippen molar-refractivity contribution in [3.8, 4) is 0 Å². The Balaban J connectivity index is 1.79. The molecule has 7 heteroatoms. The number of nitrogens with zero attached hydrogens (tertiary/aromatic N) is 1. The Hall–Kier alpha value is -2.25. The van der Waals surface area contributed by atoms with E-state index in [4.69, 9.17) is 0 Å². The fourth-order valence-corrected chi connectivity index (χ4v) is 3.33. The van der Waals surface area contributed by atoms with Crippen molar-refractivity contribution in [1.82, 2.24) is 4.90 Å². The van der Waals surface area contributed by atoms with Gasteiger partial charge >= 0.3 is 0 Å². The van der Waals surface area contributed by atoms with E-state index in [1.54, 1.807) is 30.3 Å². The molecule has 1 saturated heterocycles. The Morgan fingerprint density at radius 3 is 2.48 bits per heavy atom. The van der Waals surface area contributed by atoms with Gasteiger partial charge in [-0.25, -0.2) is 4.39 Å². The number of benzene rings is 2. The molecule has 4 nitrogen and oxygen atoms in total. The van der Waals surface area contributed by atoms with E-state index in [1.165, 1.54) is 24.3 Å². The first-order valence-electron chi connectivity index (χ1n) is 7.24. The number of rotatable bonds is 4. The van der Waals surface area contributed by atoms with Crippen molar-refractivity contribution < 1.29 is 18.8 Å². The minimum absolute atomic E-state index is 0.0960. The van der Waals surface area contributed by atoms with Gasteiger partial charge in [0.25, 0.3) is 11.1 Å². The molecule has 0 bridgehead atoms. The number of carbonyl (C=O) groups excluding carboxylic acids is 3. The van der Waals surface area contributed by atoms with Gasteiger partial charge in [-0.3, -0.25) is 19.3 Å². The summed E-state index contributed by atoms with van der Waals surface area (Å²) in [5.41, 5.74) is 0.618. The zero-order valence-corrected chi connectivity index (χ0v) is 15.1. The van der Waals surface area contributed by atoms with Crippen LogP contribution < -0.4 is 0 Å². The van der Waals surface area contributed by atoms with Gasteiger partial charge in [-0.05, 0) is 36.0 Å². The molecule has 0 saturated carbocycles. The summed E-state index contributed by atoms with van der Waals surface area (Å²) < 4.78 is 14.5. The Morgan fingerprint density at radius 1 is 1.12 bits per heavy atom. The standard InChI is InChI=1S/C18H11BrFNO3S/c19-13-7-5-11(6-8-13)15(22)10-21-17(23)16(25-18(21)24)9-12-3-1-2-4-14(12)20/h1-9H,10H2/b16-9-. The fourth-order valence-electron chi connectivity index (χ4n) is 2.24. The summed E-state index contributed by atoms with van der Waals surface area (Å²) in [5.74, 6) is -1.43. The van der Waals surface area contributed by atoms with Crippen LogP contribution in [0.3, 0.4) is 0 Å². The molecular formula is C18H11BrFNO3S. The maximum Gasteiger partial charge on any atom is 0.293 e. The third-order valence-corrected chi connectivity index (χ3v) is 4.97. The highest BCUT2D eigenvalue weighted by Crippen LogP contribution is 2.32. The molecule has 0 aliphatic carbocycles. The quantitative estimate of drug-likeness (QED) is 0.540. The van der Waals surface area contributed by atoms with Gasteiger partial charge in [-0.1, -0.05) is 46.3 Å². The molecule has 3 rings (SSSR count). The maximum absolute atomic E-state index is 13.7. The predicted molar refractivity (Wildman–Crippen MR) is 97.5 cm³/mol. The summed E-state index contributed by atoms with van der Waals surface area (Å²) in [4.78, 5) is 37.7. The first-order chi connectivity index (χ1) is 12.0. The molecule has 2 aromatic rings. The molecule has 0 atom stereocenters. The van der Waals surface area contributed by atoms with Crippen LogP contribution in [0.5, 0.6) is 0 Å². The Labute approximate surface area is 155 Å². The SMILES string of the molecule is O=C(CN1C(=O)S/C(=C\c2ccccc2F)C1=O)c1ccc(Br)cc1. The second-order valence-corrected chi connectivity index (χ2v) is 7.13. The highest BCUT2D eigenvalue weighted by molar-refractivity contribution is 9.10. The second-order valence-electron chi connectivity index (χ2n) is 5.22. The number of thioether (sulfide) groups is 1. The number of hydrogen-bond acceptors (Lipinski definition) is 4. The minimum atomic E-state index is -0.594. The second kappa shape index (κ2) is 7.33. The molecule has 0 radical (unpaired) electrons. The van der Waals surface area contributed by atoms with E-state index in [-0.39, 0.29) is 22.8 Å². The molecule has 0 spiro atoms. The topological polar surface area (TPSA) is 54.5 Å². The lowest BCUT2D eigenvalue weighted by atomic mass is 10.1. The van der Waals surface area contributed by atoms with E-state index in [1.807, 2.05) is 0 Å². The molecular weight excluding hydrogens is 409 g/mol. The average molecular weight is 420 g/mol. The number of ketones is 1. The largest absolute Gasteiger partial charge is 0.293 e. The number of hydrogen-bond donors (Lipinski definition) is 0. The average Bonchev–Trinajstić information content (AvgIpc) is 2.85. The van der Waals surface area contributed by atoms with Crippen LogP contribution in [-0.2, 0) is 4.79 Å². The molecule has 0 unspecified atom stereocenters. The summed E-state index contributed by atoms with van der Waals surface area (Å²) in [6, 6.07) is 12.6.